The van der Waals surface area contributed by atoms with E-state index in [4.69, 9.17) is 5.73 Å². The number of fused-ring (bicyclic) bond motifs is 1. The first kappa shape index (κ1) is 20.5. The summed E-state index contributed by atoms with van der Waals surface area (Å²) in [4.78, 5) is 15.4. The van der Waals surface area contributed by atoms with Crippen molar-refractivity contribution in [2.75, 3.05) is 19.6 Å². The number of halogens is 2. The van der Waals surface area contributed by atoms with Gasteiger partial charge in [-0.15, -0.1) is 24.8 Å². The first-order valence-corrected chi connectivity index (χ1v) is 8.96. The Balaban J connectivity index is 0.00000113. The Morgan fingerprint density at radius 2 is 1.88 bits per heavy atom. The van der Waals surface area contributed by atoms with Crippen molar-refractivity contribution < 1.29 is 4.79 Å². The van der Waals surface area contributed by atoms with Gasteiger partial charge >= 0.3 is 0 Å². The van der Waals surface area contributed by atoms with Gasteiger partial charge in [0.1, 0.15) is 0 Å². The normalized spacial score (nSPS) is 29.7. The van der Waals surface area contributed by atoms with Crippen molar-refractivity contribution in [1.29, 1.82) is 0 Å². The van der Waals surface area contributed by atoms with Crippen LogP contribution in [-0.4, -0.2) is 36.0 Å². The van der Waals surface area contributed by atoms with Crippen LogP contribution < -0.4 is 11.1 Å². The lowest BCUT2D eigenvalue weighted by atomic mass is 9.87. The van der Waals surface area contributed by atoms with Crippen molar-refractivity contribution in [3.63, 3.8) is 0 Å². The fraction of sp³-hybridized carbons (Fsp3) is 0.632. The Bertz CT molecular complexity index is 618. The molecule has 6 heteroatoms. The van der Waals surface area contributed by atoms with Gasteiger partial charge in [-0.05, 0) is 36.8 Å². The van der Waals surface area contributed by atoms with Crippen LogP contribution in [0, 0.1) is 18.8 Å². The summed E-state index contributed by atoms with van der Waals surface area (Å²) in [6, 6.07) is 8.70. The van der Waals surface area contributed by atoms with E-state index in [0.717, 1.165) is 45.3 Å². The molecule has 3 N–H and O–H groups in total. The van der Waals surface area contributed by atoms with Crippen LogP contribution in [0.4, 0.5) is 0 Å². The molecule has 0 spiro atoms. The molecule has 4 rings (SSSR count). The quantitative estimate of drug-likeness (QED) is 0.822. The molecule has 25 heavy (non-hydrogen) atoms. The summed E-state index contributed by atoms with van der Waals surface area (Å²) in [5, 5.41) is 3.51. The Morgan fingerprint density at radius 3 is 2.56 bits per heavy atom. The minimum Gasteiger partial charge on any atom is -0.333 e. The van der Waals surface area contributed by atoms with Crippen molar-refractivity contribution in [3.05, 3.63) is 35.4 Å². The summed E-state index contributed by atoms with van der Waals surface area (Å²) in [6.07, 6.45) is 3.85. The zero-order valence-corrected chi connectivity index (χ0v) is 16.4. The monoisotopic (exact) mass is 385 g/mol. The molecule has 1 aliphatic carbocycles. The van der Waals surface area contributed by atoms with E-state index in [9.17, 15) is 4.79 Å². The highest BCUT2D eigenvalue weighted by Crippen LogP contribution is 2.45. The van der Waals surface area contributed by atoms with Gasteiger partial charge in [0.2, 0.25) is 5.91 Å². The molecular weight excluding hydrogens is 357 g/mol. The maximum Gasteiger partial charge on any atom is 0.243 e. The molecule has 0 unspecified atom stereocenters. The van der Waals surface area contributed by atoms with Gasteiger partial charge in [-0.2, -0.15) is 0 Å². The molecular formula is C19H29Cl2N3O. The van der Waals surface area contributed by atoms with Crippen molar-refractivity contribution >= 4 is 30.7 Å². The number of amides is 1. The summed E-state index contributed by atoms with van der Waals surface area (Å²) in [6.45, 7) is 5.04. The highest BCUT2D eigenvalue weighted by molar-refractivity contribution is 5.87. The maximum absolute atomic E-state index is 13.3. The number of nitrogens with one attached hydrogen (secondary N) is 1. The van der Waals surface area contributed by atoms with Gasteiger partial charge in [0.15, 0.2) is 0 Å². The molecule has 1 amide bonds. The van der Waals surface area contributed by atoms with E-state index < -0.39 is 5.54 Å². The predicted octanol–water partition coefficient (Wildman–Crippen LogP) is 2.83. The van der Waals surface area contributed by atoms with Crippen LogP contribution in [-0.2, 0) is 4.79 Å². The Labute approximate surface area is 162 Å². The summed E-state index contributed by atoms with van der Waals surface area (Å²) in [5.74, 6) is 1.27. The first-order valence-electron chi connectivity index (χ1n) is 8.96. The lowest BCUT2D eigenvalue weighted by Gasteiger charge is -2.35. The molecule has 1 aromatic carbocycles. The van der Waals surface area contributed by atoms with E-state index in [-0.39, 0.29) is 36.8 Å². The highest BCUT2D eigenvalue weighted by Gasteiger charge is 2.51. The van der Waals surface area contributed by atoms with E-state index in [0.29, 0.717) is 11.8 Å². The van der Waals surface area contributed by atoms with E-state index in [1.807, 2.05) is 0 Å². The molecule has 3 fully saturated rings. The molecule has 0 radical (unpaired) electrons. The summed E-state index contributed by atoms with van der Waals surface area (Å²) in [5.41, 5.74) is 8.47. The van der Waals surface area contributed by atoms with Gasteiger partial charge in [-0.25, -0.2) is 0 Å². The van der Waals surface area contributed by atoms with Crippen molar-refractivity contribution in [2.45, 2.75) is 44.2 Å². The van der Waals surface area contributed by atoms with E-state index >= 15 is 0 Å². The van der Waals surface area contributed by atoms with Crippen LogP contribution >= 0.6 is 24.8 Å². The topological polar surface area (TPSA) is 58.4 Å². The molecule has 3 aliphatic rings. The number of nitrogens with zero attached hydrogens (tertiary/aromatic N) is 1. The number of rotatable bonds is 2. The van der Waals surface area contributed by atoms with Gasteiger partial charge in [0.05, 0.1) is 11.6 Å². The van der Waals surface area contributed by atoms with Gasteiger partial charge in [0.25, 0.3) is 0 Å². The van der Waals surface area contributed by atoms with Crippen LogP contribution in [0.2, 0.25) is 0 Å². The summed E-state index contributed by atoms with van der Waals surface area (Å²) in [7, 11) is 0. The van der Waals surface area contributed by atoms with Crippen molar-refractivity contribution in [1.82, 2.24) is 10.2 Å². The third kappa shape index (κ3) is 3.42. The zero-order valence-electron chi connectivity index (χ0n) is 14.7. The minimum atomic E-state index is -0.618. The lowest BCUT2D eigenvalue weighted by Crippen LogP contribution is -2.54. The zero-order chi connectivity index (χ0) is 16.0. The Hall–Kier alpha value is -0.810. The van der Waals surface area contributed by atoms with Crippen LogP contribution in [0.25, 0.3) is 0 Å². The molecule has 140 valence electrons. The fourth-order valence-electron chi connectivity index (χ4n) is 4.95. The van der Waals surface area contributed by atoms with E-state index in [1.165, 1.54) is 11.1 Å². The molecule has 1 saturated carbocycles. The first-order chi connectivity index (χ1) is 11.1. The highest BCUT2D eigenvalue weighted by atomic mass is 35.5. The molecule has 0 aromatic heterocycles. The van der Waals surface area contributed by atoms with Gasteiger partial charge in [0, 0.05) is 25.6 Å². The number of carbonyl (C=O) groups is 1. The third-order valence-electron chi connectivity index (χ3n) is 6.25. The Morgan fingerprint density at radius 1 is 1.20 bits per heavy atom. The summed E-state index contributed by atoms with van der Waals surface area (Å²) < 4.78 is 0. The molecule has 2 heterocycles. The van der Waals surface area contributed by atoms with Gasteiger partial charge < -0.3 is 16.0 Å². The second-order valence-corrected chi connectivity index (χ2v) is 7.70. The predicted molar refractivity (Wildman–Crippen MR) is 105 cm³/mol. The molecule has 2 saturated heterocycles. The van der Waals surface area contributed by atoms with Crippen molar-refractivity contribution in [3.8, 4) is 0 Å². The largest absolute Gasteiger partial charge is 0.333 e. The number of aryl methyl sites for hydroxylation is 1. The third-order valence-corrected chi connectivity index (χ3v) is 6.25. The van der Waals surface area contributed by atoms with E-state index in [2.05, 4.69) is 41.4 Å². The minimum absolute atomic E-state index is 0. The summed E-state index contributed by atoms with van der Waals surface area (Å²) >= 11 is 0. The van der Waals surface area contributed by atoms with Crippen LogP contribution in [0.15, 0.2) is 24.3 Å². The smallest absolute Gasteiger partial charge is 0.243 e. The average Bonchev–Trinajstić information content (AvgIpc) is 3.23. The molecule has 4 nitrogen and oxygen atoms in total. The standard InChI is InChI=1S/C19H27N3O.2ClH/c1-13-6-2-3-7-15(13)17-16-11-21-10-14(16)12-22(17)18(23)19(20)8-4-5-9-19;;/h2-3,6-7,14,16-17,21H,4-5,8-12,20H2,1H3;2*1H/t14-,16-,17+;;/m0../s1. The number of benzene rings is 1. The molecule has 0 bridgehead atoms. The molecule has 2 aliphatic heterocycles. The SMILES string of the molecule is Cc1ccccc1[C@@H]1[C@H]2CNC[C@H]2CN1C(=O)C1(N)CCCC1.Cl.Cl. The van der Waals surface area contributed by atoms with Crippen LogP contribution in [0.3, 0.4) is 0 Å². The van der Waals surface area contributed by atoms with Crippen LogP contribution in [0.1, 0.15) is 42.9 Å². The number of nitrogens with two attached hydrogens (primary N) is 1. The maximum atomic E-state index is 13.3. The average molecular weight is 386 g/mol. The van der Waals surface area contributed by atoms with Crippen molar-refractivity contribution in [2.24, 2.45) is 17.6 Å². The van der Waals surface area contributed by atoms with E-state index in [1.54, 1.807) is 0 Å². The molecule has 1 aromatic rings. The number of hydrogen-bond donors (Lipinski definition) is 2. The number of likely N-dealkylation sites (tertiary alicyclic amines) is 1. The molecule has 3 atom stereocenters. The Kier molecular flexibility index (Phi) is 6.42. The van der Waals surface area contributed by atoms with Gasteiger partial charge in [-0.1, -0.05) is 37.1 Å². The van der Waals surface area contributed by atoms with Gasteiger partial charge in [-0.3, -0.25) is 4.79 Å². The van der Waals surface area contributed by atoms with Crippen LogP contribution in [0.5, 0.6) is 0 Å². The fourth-order valence-corrected chi connectivity index (χ4v) is 4.95. The number of carbonyl (C=O) groups excluding carboxylic acids is 1. The lowest BCUT2D eigenvalue weighted by molar-refractivity contribution is -0.138. The second-order valence-electron chi connectivity index (χ2n) is 7.70. The second kappa shape index (κ2) is 7.83. The number of hydrogen-bond acceptors (Lipinski definition) is 3.